The molecular weight excluding hydrogens is 302 g/mol. The van der Waals surface area contributed by atoms with E-state index in [9.17, 15) is 9.59 Å². The van der Waals surface area contributed by atoms with Crippen molar-refractivity contribution >= 4 is 16.8 Å². The Hall–Kier alpha value is -2.14. The van der Waals surface area contributed by atoms with Gasteiger partial charge in [-0.2, -0.15) is 0 Å². The first-order valence-corrected chi connectivity index (χ1v) is 8.42. The number of hydrogen-bond acceptors (Lipinski definition) is 3. The number of nitrogens with one attached hydrogen (secondary N) is 2. The van der Waals surface area contributed by atoms with Crippen molar-refractivity contribution in [3.8, 4) is 0 Å². The van der Waals surface area contributed by atoms with Gasteiger partial charge in [-0.25, -0.2) is 0 Å². The fourth-order valence-electron chi connectivity index (χ4n) is 2.72. The largest absolute Gasteiger partial charge is 0.356 e. The lowest BCUT2D eigenvalue weighted by Gasteiger charge is -2.10. The molecule has 0 fully saturated rings. The van der Waals surface area contributed by atoms with Crippen LogP contribution < -0.4 is 10.9 Å². The summed E-state index contributed by atoms with van der Waals surface area (Å²) in [5, 5.41) is 3.92. The highest BCUT2D eigenvalue weighted by atomic mass is 16.1. The first-order chi connectivity index (χ1) is 11.4. The molecular formula is C19H27N3O2. The van der Waals surface area contributed by atoms with Crippen LogP contribution in [0.15, 0.2) is 23.0 Å². The van der Waals surface area contributed by atoms with Crippen molar-refractivity contribution in [2.24, 2.45) is 0 Å². The molecule has 24 heavy (non-hydrogen) atoms. The molecule has 130 valence electrons. The number of hydrogen-bond donors (Lipinski definition) is 2. The molecule has 2 aromatic rings. The zero-order chi connectivity index (χ0) is 17.7. The number of aryl methyl sites for hydroxylation is 3. The standard InChI is InChI=1S/C19H27N3O2/c1-13-6-7-15-12-16(19(24)21-18(15)14(13)2)8-9-17(23)20-10-5-11-22(3)4/h6-7,12H,5,8-11H2,1-4H3,(H,20,23)(H,21,24). The monoisotopic (exact) mass is 329 g/mol. The van der Waals surface area contributed by atoms with Crippen LogP contribution in [0, 0.1) is 13.8 Å². The minimum atomic E-state index is -0.100. The van der Waals surface area contributed by atoms with Crippen LogP contribution in [0.5, 0.6) is 0 Å². The predicted octanol–water partition coefficient (Wildman–Crippen LogP) is 2.15. The van der Waals surface area contributed by atoms with Crippen LogP contribution in [0.4, 0.5) is 0 Å². The topological polar surface area (TPSA) is 65.2 Å². The van der Waals surface area contributed by atoms with Gasteiger partial charge in [0.2, 0.25) is 5.91 Å². The zero-order valence-corrected chi connectivity index (χ0v) is 15.0. The van der Waals surface area contributed by atoms with Gasteiger partial charge in [-0.1, -0.05) is 12.1 Å². The maximum absolute atomic E-state index is 12.3. The predicted molar refractivity (Wildman–Crippen MR) is 98.5 cm³/mol. The van der Waals surface area contributed by atoms with Gasteiger partial charge in [0, 0.05) is 18.5 Å². The number of pyridine rings is 1. The van der Waals surface area contributed by atoms with E-state index in [0.29, 0.717) is 24.9 Å². The molecule has 0 aliphatic rings. The summed E-state index contributed by atoms with van der Waals surface area (Å²) >= 11 is 0. The molecule has 0 saturated heterocycles. The van der Waals surface area contributed by atoms with E-state index < -0.39 is 0 Å². The molecule has 1 amide bonds. The van der Waals surface area contributed by atoms with Crippen LogP contribution in [-0.4, -0.2) is 43.0 Å². The van der Waals surface area contributed by atoms with E-state index in [4.69, 9.17) is 0 Å². The number of aromatic amines is 1. The van der Waals surface area contributed by atoms with E-state index in [1.165, 1.54) is 0 Å². The number of carbonyl (C=O) groups is 1. The number of carbonyl (C=O) groups excluding carboxylic acids is 1. The van der Waals surface area contributed by atoms with Crippen molar-refractivity contribution < 1.29 is 4.79 Å². The van der Waals surface area contributed by atoms with Gasteiger partial charge in [-0.05, 0) is 69.9 Å². The minimum Gasteiger partial charge on any atom is -0.356 e. The molecule has 0 saturated carbocycles. The number of fused-ring (bicyclic) bond motifs is 1. The highest BCUT2D eigenvalue weighted by Crippen LogP contribution is 2.19. The summed E-state index contributed by atoms with van der Waals surface area (Å²) in [6, 6.07) is 5.97. The smallest absolute Gasteiger partial charge is 0.251 e. The van der Waals surface area contributed by atoms with Gasteiger partial charge in [-0.15, -0.1) is 0 Å². The van der Waals surface area contributed by atoms with Gasteiger partial charge in [0.05, 0.1) is 5.52 Å². The third kappa shape index (κ3) is 4.68. The molecule has 0 unspecified atom stereocenters. The normalized spacial score (nSPS) is 11.2. The van der Waals surface area contributed by atoms with Crippen molar-refractivity contribution in [1.29, 1.82) is 0 Å². The van der Waals surface area contributed by atoms with Gasteiger partial charge in [0.25, 0.3) is 5.56 Å². The van der Waals surface area contributed by atoms with Crippen LogP contribution in [0.25, 0.3) is 10.9 Å². The molecule has 0 aliphatic heterocycles. The lowest BCUT2D eigenvalue weighted by Crippen LogP contribution is -2.27. The number of benzene rings is 1. The van der Waals surface area contributed by atoms with E-state index >= 15 is 0 Å². The fourth-order valence-corrected chi connectivity index (χ4v) is 2.72. The Bertz CT molecular complexity index is 778. The number of amides is 1. The van der Waals surface area contributed by atoms with E-state index in [0.717, 1.165) is 35.0 Å². The van der Waals surface area contributed by atoms with Crippen molar-refractivity contribution in [2.45, 2.75) is 33.1 Å². The molecule has 0 bridgehead atoms. The summed E-state index contributed by atoms with van der Waals surface area (Å²) in [6.07, 6.45) is 1.72. The van der Waals surface area contributed by atoms with Crippen LogP contribution in [0.1, 0.15) is 29.5 Å². The Morgan fingerprint density at radius 2 is 2.00 bits per heavy atom. The molecule has 2 N–H and O–H groups in total. The second kappa shape index (κ2) is 8.11. The molecule has 0 spiro atoms. The lowest BCUT2D eigenvalue weighted by atomic mass is 10.0. The van der Waals surface area contributed by atoms with E-state index in [1.807, 2.05) is 40.1 Å². The Morgan fingerprint density at radius 3 is 2.71 bits per heavy atom. The first kappa shape index (κ1) is 18.2. The summed E-state index contributed by atoms with van der Waals surface area (Å²) < 4.78 is 0. The fraction of sp³-hybridized carbons (Fsp3) is 0.474. The second-order valence-electron chi connectivity index (χ2n) is 6.60. The van der Waals surface area contributed by atoms with Gasteiger partial charge >= 0.3 is 0 Å². The second-order valence-corrected chi connectivity index (χ2v) is 6.60. The zero-order valence-electron chi connectivity index (χ0n) is 15.0. The lowest BCUT2D eigenvalue weighted by molar-refractivity contribution is -0.121. The third-order valence-electron chi connectivity index (χ3n) is 4.35. The number of H-pyrrole nitrogens is 1. The summed E-state index contributed by atoms with van der Waals surface area (Å²) in [5.74, 6) is -0.00617. The first-order valence-electron chi connectivity index (χ1n) is 8.42. The van der Waals surface area contributed by atoms with Crippen molar-refractivity contribution in [3.05, 3.63) is 45.2 Å². The SMILES string of the molecule is Cc1ccc2cc(CCC(=O)NCCCN(C)C)c(=O)[nH]c2c1C. The van der Waals surface area contributed by atoms with Crippen molar-refractivity contribution in [1.82, 2.24) is 15.2 Å². The summed E-state index contributed by atoms with van der Waals surface area (Å²) in [7, 11) is 4.02. The van der Waals surface area contributed by atoms with Crippen LogP contribution in [0.2, 0.25) is 0 Å². The molecule has 1 aromatic carbocycles. The highest BCUT2D eigenvalue weighted by molar-refractivity contribution is 5.83. The average molecular weight is 329 g/mol. The van der Waals surface area contributed by atoms with E-state index in [1.54, 1.807) is 0 Å². The van der Waals surface area contributed by atoms with Crippen molar-refractivity contribution in [3.63, 3.8) is 0 Å². The molecule has 2 rings (SSSR count). The molecule has 5 heteroatoms. The molecule has 0 aliphatic carbocycles. The van der Waals surface area contributed by atoms with Crippen LogP contribution in [-0.2, 0) is 11.2 Å². The summed E-state index contributed by atoms with van der Waals surface area (Å²) in [5.41, 5.74) is 3.69. The number of aromatic nitrogens is 1. The van der Waals surface area contributed by atoms with Gasteiger partial charge in [-0.3, -0.25) is 9.59 Å². The highest BCUT2D eigenvalue weighted by Gasteiger charge is 2.08. The van der Waals surface area contributed by atoms with Crippen LogP contribution in [0.3, 0.4) is 0 Å². The Labute approximate surface area is 143 Å². The van der Waals surface area contributed by atoms with Crippen LogP contribution >= 0.6 is 0 Å². The summed E-state index contributed by atoms with van der Waals surface area (Å²) in [6.45, 7) is 5.66. The Kier molecular flexibility index (Phi) is 6.15. The number of nitrogens with zero attached hydrogens (tertiary/aromatic N) is 1. The minimum absolute atomic E-state index is 0.00617. The Morgan fingerprint density at radius 1 is 1.25 bits per heavy atom. The Balaban J connectivity index is 1.98. The van der Waals surface area contributed by atoms with Gasteiger partial charge < -0.3 is 15.2 Å². The molecule has 0 radical (unpaired) electrons. The van der Waals surface area contributed by atoms with Gasteiger partial charge in [0.15, 0.2) is 0 Å². The average Bonchev–Trinajstić information content (AvgIpc) is 2.54. The number of rotatable bonds is 7. The van der Waals surface area contributed by atoms with Gasteiger partial charge in [0.1, 0.15) is 0 Å². The maximum atomic E-state index is 12.3. The maximum Gasteiger partial charge on any atom is 0.251 e. The molecule has 5 nitrogen and oxygen atoms in total. The quantitative estimate of drug-likeness (QED) is 0.765. The third-order valence-corrected chi connectivity index (χ3v) is 4.35. The van der Waals surface area contributed by atoms with Crippen molar-refractivity contribution in [2.75, 3.05) is 27.2 Å². The van der Waals surface area contributed by atoms with E-state index in [2.05, 4.69) is 21.3 Å². The van der Waals surface area contributed by atoms with E-state index in [-0.39, 0.29) is 11.5 Å². The molecule has 1 heterocycles. The molecule has 0 atom stereocenters. The molecule has 1 aromatic heterocycles. The summed E-state index contributed by atoms with van der Waals surface area (Å²) in [4.78, 5) is 29.2.